The van der Waals surface area contributed by atoms with E-state index in [1.807, 2.05) is 0 Å². The molecule has 2 aromatic carbocycles. The van der Waals surface area contributed by atoms with E-state index in [1.54, 1.807) is 11.3 Å². The van der Waals surface area contributed by atoms with Gasteiger partial charge in [-0.15, -0.1) is 11.3 Å². The van der Waals surface area contributed by atoms with E-state index in [0.717, 1.165) is 0 Å². The van der Waals surface area contributed by atoms with Gasteiger partial charge in [-0.3, -0.25) is 0 Å². The second-order valence-electron chi connectivity index (χ2n) is 5.77. The van der Waals surface area contributed by atoms with Crippen LogP contribution in [0.15, 0.2) is 72.1 Å². The van der Waals surface area contributed by atoms with Crippen molar-refractivity contribution in [1.82, 2.24) is 0 Å². The maximum atomic E-state index is 6.47. The number of thiophene rings is 1. The van der Waals surface area contributed by atoms with Crippen molar-refractivity contribution in [1.29, 1.82) is 0 Å². The summed E-state index contributed by atoms with van der Waals surface area (Å²) in [6.07, 6.45) is 4.25. The summed E-state index contributed by atoms with van der Waals surface area (Å²) in [6.45, 7) is 0. The van der Waals surface area contributed by atoms with Gasteiger partial charge in [0, 0.05) is 10.4 Å². The lowest BCUT2D eigenvalue weighted by Crippen LogP contribution is -2.39. The van der Waals surface area contributed by atoms with Gasteiger partial charge < -0.3 is 9.64 Å². The summed E-state index contributed by atoms with van der Waals surface area (Å²) in [7, 11) is 0. The number of anilines is 2. The van der Waals surface area contributed by atoms with Gasteiger partial charge in [-0.05, 0) is 35.2 Å². The summed E-state index contributed by atoms with van der Waals surface area (Å²) in [5.74, 6) is 0. The molecule has 3 heteroatoms. The van der Waals surface area contributed by atoms with Gasteiger partial charge in [-0.1, -0.05) is 48.5 Å². The van der Waals surface area contributed by atoms with Gasteiger partial charge in [0.1, 0.15) is 6.10 Å². The van der Waals surface area contributed by atoms with Crippen LogP contribution in [0.3, 0.4) is 0 Å². The quantitative estimate of drug-likeness (QED) is 0.599. The van der Waals surface area contributed by atoms with Crippen molar-refractivity contribution in [3.05, 3.63) is 88.1 Å². The Morgan fingerprint density at radius 1 is 0.870 bits per heavy atom. The molecule has 23 heavy (non-hydrogen) atoms. The number of rotatable bonds is 1. The molecule has 2 atom stereocenters. The first-order valence-corrected chi connectivity index (χ1v) is 8.64. The van der Waals surface area contributed by atoms with Crippen LogP contribution in [-0.2, 0) is 4.74 Å². The van der Waals surface area contributed by atoms with Gasteiger partial charge in [0.15, 0.2) is 6.23 Å². The lowest BCUT2D eigenvalue weighted by molar-refractivity contribution is 0.0322. The van der Waals surface area contributed by atoms with Crippen molar-refractivity contribution in [3.63, 3.8) is 0 Å². The first-order valence-electron chi connectivity index (χ1n) is 7.76. The Morgan fingerprint density at radius 3 is 2.57 bits per heavy atom. The topological polar surface area (TPSA) is 12.5 Å². The molecular formula is C20H15NOS. The van der Waals surface area contributed by atoms with E-state index in [0.29, 0.717) is 0 Å². The molecule has 0 saturated carbocycles. The number of nitrogens with zero attached hydrogens (tertiary/aromatic N) is 1. The fourth-order valence-corrected chi connectivity index (χ4v) is 4.21. The lowest BCUT2D eigenvalue weighted by atomic mass is 9.98. The molecule has 2 nitrogen and oxygen atoms in total. The van der Waals surface area contributed by atoms with Crippen LogP contribution in [0.25, 0.3) is 6.08 Å². The number of hydrogen-bond acceptors (Lipinski definition) is 3. The van der Waals surface area contributed by atoms with Crippen molar-refractivity contribution in [2.45, 2.75) is 12.3 Å². The molecule has 2 unspecified atom stereocenters. The Balaban J connectivity index is 1.71. The first-order chi connectivity index (χ1) is 11.4. The van der Waals surface area contributed by atoms with Crippen LogP contribution in [-0.4, -0.2) is 6.23 Å². The number of hydrogen-bond donors (Lipinski definition) is 0. The van der Waals surface area contributed by atoms with E-state index < -0.39 is 0 Å². The summed E-state index contributed by atoms with van der Waals surface area (Å²) in [5.41, 5.74) is 4.91. The normalized spacial score (nSPS) is 21.5. The van der Waals surface area contributed by atoms with Crippen LogP contribution in [0, 0.1) is 0 Å². The van der Waals surface area contributed by atoms with Crippen LogP contribution in [0.2, 0.25) is 0 Å². The van der Waals surface area contributed by atoms with Crippen LogP contribution < -0.4 is 4.90 Å². The van der Waals surface area contributed by atoms with Crippen molar-refractivity contribution in [2.75, 3.05) is 4.90 Å². The molecule has 112 valence electrons. The van der Waals surface area contributed by atoms with E-state index in [-0.39, 0.29) is 12.3 Å². The Morgan fingerprint density at radius 2 is 1.70 bits per heavy atom. The third-order valence-electron chi connectivity index (χ3n) is 4.45. The van der Waals surface area contributed by atoms with Crippen LogP contribution in [0.4, 0.5) is 11.4 Å². The number of benzene rings is 2. The molecule has 0 amide bonds. The monoisotopic (exact) mass is 317 g/mol. The van der Waals surface area contributed by atoms with Crippen molar-refractivity contribution in [2.24, 2.45) is 0 Å². The third-order valence-corrected chi connectivity index (χ3v) is 5.36. The first kappa shape index (κ1) is 13.1. The second-order valence-corrected chi connectivity index (χ2v) is 6.75. The van der Waals surface area contributed by atoms with E-state index in [1.165, 1.54) is 27.4 Å². The Kier molecular flexibility index (Phi) is 2.90. The predicted octanol–water partition coefficient (Wildman–Crippen LogP) is 5.36. The minimum atomic E-state index is -0.0631. The van der Waals surface area contributed by atoms with Gasteiger partial charge in [0.05, 0.1) is 11.4 Å². The minimum Gasteiger partial charge on any atom is -0.341 e. The van der Waals surface area contributed by atoms with Crippen molar-refractivity contribution in [3.8, 4) is 0 Å². The summed E-state index contributed by atoms with van der Waals surface area (Å²) >= 11 is 1.75. The summed E-state index contributed by atoms with van der Waals surface area (Å²) in [5, 5.41) is 2.11. The maximum Gasteiger partial charge on any atom is 0.155 e. The van der Waals surface area contributed by atoms with E-state index in [9.17, 15) is 0 Å². The summed E-state index contributed by atoms with van der Waals surface area (Å²) in [4.78, 5) is 3.55. The second kappa shape index (κ2) is 5.08. The average molecular weight is 317 g/mol. The average Bonchev–Trinajstić information content (AvgIpc) is 3.15. The van der Waals surface area contributed by atoms with Crippen LogP contribution in [0.5, 0.6) is 0 Å². The van der Waals surface area contributed by atoms with Gasteiger partial charge in [0.25, 0.3) is 0 Å². The highest BCUT2D eigenvalue weighted by Crippen LogP contribution is 2.47. The molecule has 3 aromatic rings. The Labute approximate surface area is 139 Å². The lowest BCUT2D eigenvalue weighted by Gasteiger charge is -2.43. The molecule has 0 bridgehead atoms. The number of ether oxygens (including phenoxy) is 1. The van der Waals surface area contributed by atoms with Gasteiger partial charge in [-0.2, -0.15) is 0 Å². The number of para-hydroxylation sites is 2. The summed E-state index contributed by atoms with van der Waals surface area (Å²) < 4.78 is 6.47. The highest BCUT2D eigenvalue weighted by atomic mass is 32.1. The molecule has 2 aliphatic heterocycles. The minimum absolute atomic E-state index is 0.00219. The predicted molar refractivity (Wildman–Crippen MR) is 95.1 cm³/mol. The van der Waals surface area contributed by atoms with E-state index in [4.69, 9.17) is 4.74 Å². The number of fused-ring (bicyclic) bond motifs is 5. The largest absolute Gasteiger partial charge is 0.341 e. The van der Waals surface area contributed by atoms with Gasteiger partial charge >= 0.3 is 0 Å². The molecule has 0 N–H and O–H groups in total. The zero-order valence-electron chi connectivity index (χ0n) is 12.4. The molecular weight excluding hydrogens is 302 g/mol. The zero-order chi connectivity index (χ0) is 15.2. The molecule has 0 spiro atoms. The van der Waals surface area contributed by atoms with E-state index >= 15 is 0 Å². The molecule has 0 aliphatic carbocycles. The highest BCUT2D eigenvalue weighted by Gasteiger charge is 2.36. The van der Waals surface area contributed by atoms with Crippen LogP contribution in [0.1, 0.15) is 22.1 Å². The highest BCUT2D eigenvalue weighted by molar-refractivity contribution is 7.10. The van der Waals surface area contributed by atoms with Crippen molar-refractivity contribution < 1.29 is 4.74 Å². The van der Waals surface area contributed by atoms with Crippen LogP contribution >= 0.6 is 11.3 Å². The molecule has 0 fully saturated rings. The molecule has 2 aliphatic rings. The maximum absolute atomic E-state index is 6.47. The molecule has 5 rings (SSSR count). The Hall–Kier alpha value is -2.36. The Bertz CT molecular complexity index is 884. The molecule has 1 aromatic heterocycles. The molecule has 3 heterocycles. The van der Waals surface area contributed by atoms with E-state index in [2.05, 4.69) is 83.1 Å². The standard InChI is InChI=1S/C20H15NOS/c1-3-8-16-14(6-1)11-12-19-21(16)17-9-4-2-7-15(17)20(22-19)18-10-5-13-23-18/h1-13,19-20H. The van der Waals surface area contributed by atoms with Crippen molar-refractivity contribution >= 4 is 28.8 Å². The molecule has 0 radical (unpaired) electrons. The fraction of sp³-hybridized carbons (Fsp3) is 0.100. The van der Waals surface area contributed by atoms with Gasteiger partial charge in [0.2, 0.25) is 0 Å². The smallest absolute Gasteiger partial charge is 0.155 e. The third kappa shape index (κ3) is 1.97. The molecule has 0 saturated heterocycles. The van der Waals surface area contributed by atoms with Gasteiger partial charge in [-0.25, -0.2) is 0 Å². The fourth-order valence-electron chi connectivity index (χ4n) is 3.43. The summed E-state index contributed by atoms with van der Waals surface area (Å²) in [6, 6.07) is 21.3. The SMILES string of the molecule is C1=CC2OC(c3cccs3)c3ccccc3N2c2ccccc21. The zero-order valence-corrected chi connectivity index (χ0v) is 13.2.